The molecule has 1 fully saturated rings. The van der Waals surface area contributed by atoms with Gasteiger partial charge < -0.3 is 19.4 Å². The van der Waals surface area contributed by atoms with Crippen LogP contribution in [0.4, 0.5) is 11.4 Å². The van der Waals surface area contributed by atoms with Crippen LogP contribution in [0.25, 0.3) is 11.0 Å². The Hall–Kier alpha value is -3.94. The molecule has 31 heavy (non-hydrogen) atoms. The van der Waals surface area contributed by atoms with Crippen LogP contribution >= 0.6 is 0 Å². The third-order valence-corrected chi connectivity index (χ3v) is 4.98. The quantitative estimate of drug-likeness (QED) is 0.502. The second-order valence-corrected chi connectivity index (χ2v) is 7.26. The molecule has 8 nitrogen and oxygen atoms in total. The summed E-state index contributed by atoms with van der Waals surface area (Å²) in [5.41, 5.74) is 1.64. The number of hydrogen-bond donors (Lipinski definition) is 1. The van der Waals surface area contributed by atoms with Crippen molar-refractivity contribution in [3.05, 3.63) is 70.1 Å². The van der Waals surface area contributed by atoms with Gasteiger partial charge in [0.15, 0.2) is 0 Å². The van der Waals surface area contributed by atoms with Crippen LogP contribution in [0.5, 0.6) is 0 Å². The van der Waals surface area contributed by atoms with Gasteiger partial charge in [0.25, 0.3) is 0 Å². The van der Waals surface area contributed by atoms with Crippen molar-refractivity contribution in [3.8, 4) is 0 Å². The van der Waals surface area contributed by atoms with Crippen LogP contribution in [-0.4, -0.2) is 24.3 Å². The number of hydrogen-bond acceptors (Lipinski definition) is 6. The van der Waals surface area contributed by atoms with E-state index in [1.807, 2.05) is 0 Å². The molecule has 0 bridgehead atoms. The molecule has 0 saturated carbocycles. The minimum Gasteiger partial charge on any atom is -0.457 e. The smallest absolute Gasteiger partial charge is 0.338 e. The van der Waals surface area contributed by atoms with Gasteiger partial charge in [0.1, 0.15) is 12.2 Å². The summed E-state index contributed by atoms with van der Waals surface area (Å²) in [6.07, 6.45) is 1.29. The van der Waals surface area contributed by atoms with E-state index in [9.17, 15) is 19.2 Å². The molecule has 0 atom stereocenters. The first-order valence-electron chi connectivity index (χ1n) is 9.82. The zero-order valence-electron chi connectivity index (χ0n) is 16.8. The van der Waals surface area contributed by atoms with E-state index in [2.05, 4.69) is 5.32 Å². The van der Waals surface area contributed by atoms with Crippen molar-refractivity contribution in [3.63, 3.8) is 0 Å². The van der Waals surface area contributed by atoms with Crippen LogP contribution in [0, 0.1) is 0 Å². The molecule has 4 rings (SSSR count). The Morgan fingerprint density at radius 1 is 1.13 bits per heavy atom. The standard InChI is InChI=1S/C23H20N2O6/c1-14(26)24-17-7-8-19-16(11-22(28)31-20(19)12-17)13-30-23(29)15-4-2-5-18(10-15)25-9-3-6-21(25)27/h2,4-5,7-8,10-12H,3,6,9,13H2,1H3,(H,24,26). The first-order chi connectivity index (χ1) is 14.9. The second kappa shape index (κ2) is 8.43. The van der Waals surface area contributed by atoms with Gasteiger partial charge in [-0.3, -0.25) is 9.59 Å². The molecular weight excluding hydrogens is 400 g/mol. The lowest BCUT2D eigenvalue weighted by Gasteiger charge is -2.16. The summed E-state index contributed by atoms with van der Waals surface area (Å²) in [4.78, 5) is 49.4. The average Bonchev–Trinajstić information content (AvgIpc) is 3.17. The van der Waals surface area contributed by atoms with Crippen molar-refractivity contribution < 1.29 is 23.5 Å². The number of nitrogens with one attached hydrogen (secondary N) is 1. The highest BCUT2D eigenvalue weighted by molar-refractivity contribution is 5.97. The number of ether oxygens (including phenoxy) is 1. The molecule has 2 amide bonds. The summed E-state index contributed by atoms with van der Waals surface area (Å²) >= 11 is 0. The lowest BCUT2D eigenvalue weighted by atomic mass is 10.1. The van der Waals surface area contributed by atoms with Crippen LogP contribution < -0.4 is 15.8 Å². The third kappa shape index (κ3) is 4.48. The van der Waals surface area contributed by atoms with E-state index >= 15 is 0 Å². The molecule has 3 aromatic rings. The van der Waals surface area contributed by atoms with E-state index < -0.39 is 11.6 Å². The Bertz CT molecular complexity index is 1250. The first-order valence-corrected chi connectivity index (χ1v) is 9.82. The number of carbonyl (C=O) groups excluding carboxylic acids is 3. The molecule has 8 heteroatoms. The van der Waals surface area contributed by atoms with E-state index in [-0.39, 0.29) is 24.0 Å². The van der Waals surface area contributed by atoms with E-state index in [4.69, 9.17) is 9.15 Å². The second-order valence-electron chi connectivity index (χ2n) is 7.26. The normalized spacial score (nSPS) is 13.5. The van der Waals surface area contributed by atoms with Gasteiger partial charge in [-0.05, 0) is 36.8 Å². The average molecular weight is 420 g/mol. The Morgan fingerprint density at radius 3 is 2.71 bits per heavy atom. The van der Waals surface area contributed by atoms with Crippen LogP contribution in [0.2, 0.25) is 0 Å². The first kappa shape index (κ1) is 20.3. The molecule has 0 radical (unpaired) electrons. The summed E-state index contributed by atoms with van der Waals surface area (Å²) in [5.74, 6) is -0.777. The predicted octanol–water partition coefficient (Wildman–Crippen LogP) is 3.24. The molecule has 1 aliphatic rings. The molecule has 0 spiro atoms. The molecule has 1 aromatic heterocycles. The summed E-state index contributed by atoms with van der Waals surface area (Å²) in [6, 6.07) is 12.9. The Labute approximate surface area is 177 Å². The number of rotatable bonds is 5. The predicted molar refractivity (Wildman–Crippen MR) is 114 cm³/mol. The van der Waals surface area contributed by atoms with Gasteiger partial charge in [-0.2, -0.15) is 0 Å². The summed E-state index contributed by atoms with van der Waals surface area (Å²) < 4.78 is 10.6. The summed E-state index contributed by atoms with van der Waals surface area (Å²) in [6.45, 7) is 1.88. The van der Waals surface area contributed by atoms with Gasteiger partial charge >= 0.3 is 11.6 Å². The fraction of sp³-hybridized carbons (Fsp3) is 0.217. The molecule has 2 aromatic carbocycles. The SMILES string of the molecule is CC(=O)Nc1ccc2c(COC(=O)c3cccc(N4CCCC4=O)c3)cc(=O)oc2c1. The van der Waals surface area contributed by atoms with Crippen LogP contribution in [-0.2, 0) is 20.9 Å². The molecule has 1 saturated heterocycles. The minimum absolute atomic E-state index is 0.0339. The number of fused-ring (bicyclic) bond motifs is 1. The fourth-order valence-electron chi connectivity index (χ4n) is 3.58. The highest BCUT2D eigenvalue weighted by atomic mass is 16.5. The van der Waals surface area contributed by atoms with Gasteiger partial charge in [-0.25, -0.2) is 9.59 Å². The molecule has 0 unspecified atom stereocenters. The van der Waals surface area contributed by atoms with Gasteiger partial charge in [0.2, 0.25) is 11.8 Å². The number of amides is 2. The number of anilines is 2. The van der Waals surface area contributed by atoms with Crippen molar-refractivity contribution in [2.75, 3.05) is 16.8 Å². The molecule has 1 N–H and O–H groups in total. The molecular formula is C23H20N2O6. The number of carbonyl (C=O) groups is 3. The van der Waals surface area contributed by atoms with Crippen LogP contribution in [0.15, 0.2) is 57.7 Å². The monoisotopic (exact) mass is 420 g/mol. The number of esters is 1. The zero-order chi connectivity index (χ0) is 22.0. The maximum absolute atomic E-state index is 12.6. The lowest BCUT2D eigenvalue weighted by molar-refractivity contribution is -0.117. The maximum atomic E-state index is 12.6. The van der Waals surface area contributed by atoms with Gasteiger partial charge in [0, 0.05) is 54.3 Å². The van der Waals surface area contributed by atoms with Crippen molar-refractivity contribution in [1.29, 1.82) is 0 Å². The number of benzene rings is 2. The van der Waals surface area contributed by atoms with Crippen LogP contribution in [0.1, 0.15) is 35.7 Å². The molecule has 158 valence electrons. The largest absolute Gasteiger partial charge is 0.457 e. The molecule has 0 aliphatic carbocycles. The van der Waals surface area contributed by atoms with E-state index in [1.165, 1.54) is 13.0 Å². The maximum Gasteiger partial charge on any atom is 0.338 e. The fourth-order valence-corrected chi connectivity index (χ4v) is 3.58. The van der Waals surface area contributed by atoms with Gasteiger partial charge in [-0.15, -0.1) is 0 Å². The Balaban J connectivity index is 1.54. The number of nitrogens with zero attached hydrogens (tertiary/aromatic N) is 1. The Kier molecular flexibility index (Phi) is 5.53. The highest BCUT2D eigenvalue weighted by Gasteiger charge is 2.22. The molecule has 2 heterocycles. The third-order valence-electron chi connectivity index (χ3n) is 4.98. The highest BCUT2D eigenvalue weighted by Crippen LogP contribution is 2.24. The van der Waals surface area contributed by atoms with Crippen molar-refractivity contribution in [2.24, 2.45) is 0 Å². The van der Waals surface area contributed by atoms with Gasteiger partial charge in [-0.1, -0.05) is 6.07 Å². The summed E-state index contributed by atoms with van der Waals surface area (Å²) in [7, 11) is 0. The van der Waals surface area contributed by atoms with Crippen molar-refractivity contribution in [1.82, 2.24) is 0 Å². The van der Waals surface area contributed by atoms with Crippen molar-refractivity contribution >= 4 is 40.1 Å². The Morgan fingerprint density at radius 2 is 1.97 bits per heavy atom. The van der Waals surface area contributed by atoms with E-state index in [0.29, 0.717) is 40.9 Å². The van der Waals surface area contributed by atoms with Crippen LogP contribution in [0.3, 0.4) is 0 Å². The van der Waals surface area contributed by atoms with Crippen molar-refractivity contribution in [2.45, 2.75) is 26.4 Å². The summed E-state index contributed by atoms with van der Waals surface area (Å²) in [5, 5.41) is 3.22. The van der Waals surface area contributed by atoms with E-state index in [1.54, 1.807) is 47.4 Å². The topological polar surface area (TPSA) is 106 Å². The zero-order valence-corrected chi connectivity index (χ0v) is 16.8. The minimum atomic E-state index is -0.590. The lowest BCUT2D eigenvalue weighted by Crippen LogP contribution is -2.23. The molecule has 1 aliphatic heterocycles. The van der Waals surface area contributed by atoms with Gasteiger partial charge in [0.05, 0.1) is 5.56 Å². The van der Waals surface area contributed by atoms with E-state index in [0.717, 1.165) is 6.42 Å².